The average Bonchev–Trinajstić information content (AvgIpc) is 3.27. The van der Waals surface area contributed by atoms with Crippen LogP contribution in [0.25, 0.3) is 11.3 Å². The molecule has 0 radical (unpaired) electrons. The lowest BCUT2D eigenvalue weighted by atomic mass is 9.99. The first kappa shape index (κ1) is 21.5. The number of fused-ring (bicyclic) bond motifs is 1. The zero-order chi connectivity index (χ0) is 23.5. The van der Waals surface area contributed by atoms with Crippen LogP contribution in [0.2, 0.25) is 0 Å². The second-order valence-corrected chi connectivity index (χ2v) is 10.5. The van der Waals surface area contributed by atoms with E-state index in [2.05, 4.69) is 38.5 Å². The number of aromatic nitrogens is 4. The Morgan fingerprint density at radius 1 is 1.03 bits per heavy atom. The molecule has 2 N–H and O–H groups in total. The van der Waals surface area contributed by atoms with Gasteiger partial charge in [-0.3, -0.25) is 4.79 Å². The summed E-state index contributed by atoms with van der Waals surface area (Å²) in [7, 11) is 0. The summed E-state index contributed by atoms with van der Waals surface area (Å²) in [5.41, 5.74) is 8.28. The minimum absolute atomic E-state index is 0.137. The van der Waals surface area contributed by atoms with Crippen molar-refractivity contribution >= 4 is 23.6 Å². The van der Waals surface area contributed by atoms with Gasteiger partial charge in [0.15, 0.2) is 0 Å². The standard InChI is InChI=1S/C24H32N8O2/c1-23(4-5-23)20(33)31-8-6-24(2,15-31)32-7-3-17-18(16-13-26-21(25)27-14-16)28-22(29-19(17)32)30-9-11-34-12-10-30/h13-14H,3-12,15H2,1-2H3,(H2,25,26,27)/t24-/m1/s1. The molecule has 1 atom stereocenters. The van der Waals surface area contributed by atoms with Gasteiger partial charge < -0.3 is 25.2 Å². The van der Waals surface area contributed by atoms with Gasteiger partial charge in [0.25, 0.3) is 0 Å². The third kappa shape index (κ3) is 3.55. The number of rotatable bonds is 4. The molecule has 2 aromatic rings. The minimum atomic E-state index is -0.155. The molecule has 4 aliphatic rings. The number of hydrogen-bond donors (Lipinski definition) is 1. The second kappa shape index (κ2) is 7.76. The van der Waals surface area contributed by atoms with Gasteiger partial charge in [0.1, 0.15) is 5.82 Å². The lowest BCUT2D eigenvalue weighted by molar-refractivity contribution is -0.135. The van der Waals surface area contributed by atoms with Crippen molar-refractivity contribution in [1.82, 2.24) is 24.8 Å². The molecule has 1 amide bonds. The van der Waals surface area contributed by atoms with Crippen LogP contribution in [-0.4, -0.2) is 82.2 Å². The molecule has 10 heteroatoms. The highest BCUT2D eigenvalue weighted by molar-refractivity contribution is 5.85. The topological polar surface area (TPSA) is 114 Å². The number of ether oxygens (including phenoxy) is 1. The number of anilines is 3. The summed E-state index contributed by atoms with van der Waals surface area (Å²) in [5.74, 6) is 2.24. The maximum atomic E-state index is 13.0. The summed E-state index contributed by atoms with van der Waals surface area (Å²) < 4.78 is 5.55. The first-order valence-electron chi connectivity index (χ1n) is 12.2. The average molecular weight is 465 g/mol. The van der Waals surface area contributed by atoms with Crippen molar-refractivity contribution in [2.45, 2.75) is 45.1 Å². The molecular formula is C24H32N8O2. The fourth-order valence-electron chi connectivity index (χ4n) is 5.49. The maximum absolute atomic E-state index is 13.0. The molecule has 0 unspecified atom stereocenters. The quantitative estimate of drug-likeness (QED) is 0.719. The molecule has 3 fully saturated rings. The van der Waals surface area contributed by atoms with Crippen LogP contribution in [0.5, 0.6) is 0 Å². The summed E-state index contributed by atoms with van der Waals surface area (Å²) in [5, 5.41) is 0. The van der Waals surface area contributed by atoms with Crippen molar-refractivity contribution in [3.8, 4) is 11.3 Å². The van der Waals surface area contributed by atoms with E-state index in [0.29, 0.717) is 25.1 Å². The van der Waals surface area contributed by atoms with Gasteiger partial charge in [0.2, 0.25) is 17.8 Å². The maximum Gasteiger partial charge on any atom is 0.228 e. The summed E-state index contributed by atoms with van der Waals surface area (Å²) >= 11 is 0. The van der Waals surface area contributed by atoms with E-state index in [9.17, 15) is 4.79 Å². The minimum Gasteiger partial charge on any atom is -0.378 e. The van der Waals surface area contributed by atoms with E-state index in [4.69, 9.17) is 20.4 Å². The van der Waals surface area contributed by atoms with E-state index in [-0.39, 0.29) is 16.9 Å². The fraction of sp³-hybridized carbons (Fsp3) is 0.625. The summed E-state index contributed by atoms with van der Waals surface area (Å²) in [6.45, 7) is 9.61. The highest BCUT2D eigenvalue weighted by Crippen LogP contribution is 2.48. The van der Waals surface area contributed by atoms with Crippen LogP contribution >= 0.6 is 0 Å². The highest BCUT2D eigenvalue weighted by atomic mass is 16.5. The number of nitrogens with zero attached hydrogens (tertiary/aromatic N) is 7. The summed E-state index contributed by atoms with van der Waals surface area (Å²) in [6.07, 6.45) is 7.28. The van der Waals surface area contributed by atoms with E-state index in [1.807, 2.05) is 0 Å². The van der Waals surface area contributed by atoms with Crippen LogP contribution in [0.4, 0.5) is 17.7 Å². The van der Waals surface area contributed by atoms with E-state index in [1.165, 1.54) is 0 Å². The Morgan fingerprint density at radius 3 is 2.47 bits per heavy atom. The third-order valence-electron chi connectivity index (χ3n) is 7.96. The van der Waals surface area contributed by atoms with Crippen molar-refractivity contribution < 1.29 is 9.53 Å². The Labute approximate surface area is 199 Å². The number of amides is 1. The zero-order valence-corrected chi connectivity index (χ0v) is 20.0. The van der Waals surface area contributed by atoms with Crippen LogP contribution < -0.4 is 15.5 Å². The molecule has 2 saturated heterocycles. The Balaban J connectivity index is 1.37. The Kier molecular flexibility index (Phi) is 4.91. The lowest BCUT2D eigenvalue weighted by Gasteiger charge is -2.37. The van der Waals surface area contributed by atoms with Crippen LogP contribution in [0, 0.1) is 5.41 Å². The number of carbonyl (C=O) groups excluding carboxylic acids is 1. The fourth-order valence-corrected chi connectivity index (χ4v) is 5.49. The van der Waals surface area contributed by atoms with Gasteiger partial charge in [-0.05, 0) is 32.6 Å². The molecule has 0 aromatic carbocycles. The second-order valence-electron chi connectivity index (χ2n) is 10.5. The number of hydrogen-bond acceptors (Lipinski definition) is 9. The first-order valence-corrected chi connectivity index (χ1v) is 12.2. The molecule has 1 aliphatic carbocycles. The predicted octanol–water partition coefficient (Wildman–Crippen LogP) is 1.51. The SMILES string of the molecule is CC1(C(=O)N2CC[C@@](C)(N3CCc4c(-c5cnc(N)nc5)nc(N5CCOCC5)nc43)C2)CC1. The summed E-state index contributed by atoms with van der Waals surface area (Å²) in [4.78, 5) is 38.2. The highest BCUT2D eigenvalue weighted by Gasteiger charge is 2.51. The molecule has 5 heterocycles. The van der Waals surface area contributed by atoms with Gasteiger partial charge in [-0.1, -0.05) is 6.92 Å². The van der Waals surface area contributed by atoms with Gasteiger partial charge in [-0.25, -0.2) is 15.0 Å². The van der Waals surface area contributed by atoms with Crippen molar-refractivity contribution in [3.05, 3.63) is 18.0 Å². The molecule has 0 bridgehead atoms. The van der Waals surface area contributed by atoms with E-state index < -0.39 is 0 Å². The van der Waals surface area contributed by atoms with Crippen LogP contribution in [-0.2, 0) is 16.0 Å². The normalized spacial score (nSPS) is 25.5. The molecule has 34 heavy (non-hydrogen) atoms. The number of likely N-dealkylation sites (tertiary alicyclic amines) is 1. The monoisotopic (exact) mass is 464 g/mol. The third-order valence-corrected chi connectivity index (χ3v) is 7.96. The predicted molar refractivity (Wildman–Crippen MR) is 128 cm³/mol. The zero-order valence-electron chi connectivity index (χ0n) is 20.0. The number of carbonyl (C=O) groups is 1. The van der Waals surface area contributed by atoms with Gasteiger partial charge in [0.05, 0.1) is 24.4 Å². The van der Waals surface area contributed by atoms with Gasteiger partial charge in [-0.2, -0.15) is 4.98 Å². The number of morpholine rings is 1. The van der Waals surface area contributed by atoms with E-state index >= 15 is 0 Å². The first-order chi connectivity index (χ1) is 16.4. The smallest absolute Gasteiger partial charge is 0.228 e. The Morgan fingerprint density at radius 2 is 1.76 bits per heavy atom. The Hall–Kier alpha value is -3.01. The molecule has 6 rings (SSSR count). The van der Waals surface area contributed by atoms with Crippen LogP contribution in [0.1, 0.15) is 38.7 Å². The molecule has 2 aromatic heterocycles. The number of nitrogens with two attached hydrogens (primary N) is 1. The van der Waals surface area contributed by atoms with Crippen molar-refractivity contribution in [2.75, 3.05) is 61.5 Å². The van der Waals surface area contributed by atoms with Crippen molar-refractivity contribution in [2.24, 2.45) is 5.41 Å². The van der Waals surface area contributed by atoms with Crippen LogP contribution in [0.15, 0.2) is 12.4 Å². The molecule has 3 aliphatic heterocycles. The molecule has 1 saturated carbocycles. The summed E-state index contributed by atoms with van der Waals surface area (Å²) in [6, 6.07) is 0. The molecule has 0 spiro atoms. The van der Waals surface area contributed by atoms with Crippen molar-refractivity contribution in [1.29, 1.82) is 0 Å². The molecule has 10 nitrogen and oxygen atoms in total. The van der Waals surface area contributed by atoms with E-state index in [0.717, 1.165) is 81.0 Å². The van der Waals surface area contributed by atoms with Gasteiger partial charge in [0, 0.05) is 61.7 Å². The van der Waals surface area contributed by atoms with Gasteiger partial charge in [-0.15, -0.1) is 0 Å². The van der Waals surface area contributed by atoms with Gasteiger partial charge >= 0.3 is 0 Å². The number of nitrogen functional groups attached to an aromatic ring is 1. The van der Waals surface area contributed by atoms with Crippen LogP contribution in [0.3, 0.4) is 0 Å². The van der Waals surface area contributed by atoms with E-state index in [1.54, 1.807) is 12.4 Å². The molecular weight excluding hydrogens is 432 g/mol. The Bertz CT molecular complexity index is 1110. The largest absolute Gasteiger partial charge is 0.378 e. The van der Waals surface area contributed by atoms with Crippen molar-refractivity contribution in [3.63, 3.8) is 0 Å². The molecule has 180 valence electrons. The lowest BCUT2D eigenvalue weighted by Crippen LogP contribution is -2.49.